The van der Waals surface area contributed by atoms with Crippen molar-refractivity contribution in [1.29, 1.82) is 0 Å². The van der Waals surface area contributed by atoms with Gasteiger partial charge in [-0.1, -0.05) is 6.07 Å². The Bertz CT molecular complexity index is 536. The lowest BCUT2D eigenvalue weighted by atomic mass is 10.0. The van der Waals surface area contributed by atoms with Crippen LogP contribution in [0.25, 0.3) is 0 Å². The zero-order valence-electron chi connectivity index (χ0n) is 11.6. The summed E-state index contributed by atoms with van der Waals surface area (Å²) < 4.78 is 33.2. The van der Waals surface area contributed by atoms with Gasteiger partial charge in [-0.2, -0.15) is 0 Å². The fraction of sp³-hybridized carbons (Fsp3) is 0.538. The van der Waals surface area contributed by atoms with E-state index in [1.54, 1.807) is 19.1 Å². The molecule has 0 aromatic heterocycles. The van der Waals surface area contributed by atoms with Gasteiger partial charge in [-0.25, -0.2) is 8.42 Å². The van der Waals surface area contributed by atoms with Crippen molar-refractivity contribution in [2.75, 3.05) is 25.7 Å². The summed E-state index contributed by atoms with van der Waals surface area (Å²) in [5.74, 6) is 0.788. The molecule has 0 heterocycles. The number of rotatable bonds is 6. The van der Waals surface area contributed by atoms with Crippen LogP contribution in [0, 0.1) is 6.92 Å². The molecule has 1 N–H and O–H groups in total. The molecule has 0 radical (unpaired) electrons. The van der Waals surface area contributed by atoms with Gasteiger partial charge in [0.2, 0.25) is 0 Å². The smallest absolute Gasteiger partial charge is 0.164 e. The van der Waals surface area contributed by atoms with Crippen molar-refractivity contribution >= 4 is 9.84 Å². The molecule has 0 aliphatic carbocycles. The zero-order valence-corrected chi connectivity index (χ0v) is 12.5. The lowest BCUT2D eigenvalue weighted by Gasteiger charge is -2.18. The van der Waals surface area contributed by atoms with Gasteiger partial charge in [0.1, 0.15) is 9.84 Å². The number of aliphatic hydroxyl groups is 1. The first kappa shape index (κ1) is 15.8. The van der Waals surface area contributed by atoms with Gasteiger partial charge in [0, 0.05) is 11.8 Å². The number of hydrogen-bond acceptors (Lipinski definition) is 5. The predicted octanol–water partition coefficient (Wildman–Crippen LogP) is 1.48. The maximum Gasteiger partial charge on any atom is 0.164 e. The van der Waals surface area contributed by atoms with E-state index in [0.717, 1.165) is 6.26 Å². The van der Waals surface area contributed by atoms with E-state index < -0.39 is 15.9 Å². The molecule has 1 atom stereocenters. The van der Waals surface area contributed by atoms with Gasteiger partial charge in [0.15, 0.2) is 11.5 Å². The molecule has 0 saturated carbocycles. The van der Waals surface area contributed by atoms with Gasteiger partial charge in [0.05, 0.1) is 25.6 Å². The highest BCUT2D eigenvalue weighted by Crippen LogP contribution is 2.35. The van der Waals surface area contributed by atoms with Gasteiger partial charge in [-0.3, -0.25) is 0 Å². The monoisotopic (exact) mass is 288 g/mol. The van der Waals surface area contributed by atoms with E-state index in [1.807, 2.05) is 6.92 Å². The first-order chi connectivity index (χ1) is 8.80. The summed E-state index contributed by atoms with van der Waals surface area (Å²) in [5.41, 5.74) is 1.23. The Morgan fingerprint density at radius 2 is 2.00 bits per heavy atom. The van der Waals surface area contributed by atoms with Crippen molar-refractivity contribution in [3.05, 3.63) is 23.3 Å². The van der Waals surface area contributed by atoms with Crippen LogP contribution in [-0.2, 0) is 9.84 Å². The van der Waals surface area contributed by atoms with Gasteiger partial charge >= 0.3 is 0 Å². The Labute approximate surface area is 114 Å². The third-order valence-corrected chi connectivity index (χ3v) is 3.66. The Morgan fingerprint density at radius 3 is 2.47 bits per heavy atom. The molecule has 108 valence electrons. The predicted molar refractivity (Wildman–Crippen MR) is 73.6 cm³/mol. The van der Waals surface area contributed by atoms with Crippen molar-refractivity contribution < 1.29 is 23.0 Å². The Kier molecular flexibility index (Phi) is 5.20. The molecule has 1 aromatic carbocycles. The first-order valence-corrected chi connectivity index (χ1v) is 8.02. The highest BCUT2D eigenvalue weighted by Gasteiger charge is 2.20. The van der Waals surface area contributed by atoms with Crippen molar-refractivity contribution in [3.63, 3.8) is 0 Å². The summed E-state index contributed by atoms with van der Waals surface area (Å²) in [6, 6.07) is 3.32. The topological polar surface area (TPSA) is 72.8 Å². The number of ether oxygens (including phenoxy) is 2. The van der Waals surface area contributed by atoms with Crippen LogP contribution in [0.4, 0.5) is 0 Å². The van der Waals surface area contributed by atoms with Crippen LogP contribution >= 0.6 is 0 Å². The van der Waals surface area contributed by atoms with E-state index in [-0.39, 0.29) is 5.75 Å². The fourth-order valence-electron chi connectivity index (χ4n) is 1.90. The number of hydrogen-bond donors (Lipinski definition) is 1. The van der Waals surface area contributed by atoms with Crippen molar-refractivity contribution in [2.45, 2.75) is 20.0 Å². The molecule has 0 spiro atoms. The minimum Gasteiger partial charge on any atom is -0.493 e. The van der Waals surface area contributed by atoms with Crippen LogP contribution in [0.1, 0.15) is 24.2 Å². The Morgan fingerprint density at radius 1 is 1.37 bits per heavy atom. The summed E-state index contributed by atoms with van der Waals surface area (Å²) in [7, 11) is -1.72. The molecular weight excluding hydrogens is 268 g/mol. The average Bonchev–Trinajstić information content (AvgIpc) is 2.29. The largest absolute Gasteiger partial charge is 0.493 e. The van der Waals surface area contributed by atoms with Gasteiger partial charge < -0.3 is 14.6 Å². The third-order valence-electron chi connectivity index (χ3n) is 2.74. The second-order valence-electron chi connectivity index (χ2n) is 4.35. The van der Waals surface area contributed by atoms with Gasteiger partial charge in [-0.05, 0) is 25.5 Å². The Balaban J connectivity index is 3.19. The van der Waals surface area contributed by atoms with E-state index >= 15 is 0 Å². The quantitative estimate of drug-likeness (QED) is 0.858. The van der Waals surface area contributed by atoms with Crippen LogP contribution < -0.4 is 9.47 Å². The molecule has 6 heteroatoms. The molecule has 0 amide bonds. The van der Waals surface area contributed by atoms with E-state index in [4.69, 9.17) is 9.47 Å². The van der Waals surface area contributed by atoms with E-state index in [9.17, 15) is 13.5 Å². The third kappa shape index (κ3) is 4.11. The normalized spacial score (nSPS) is 13.1. The fourth-order valence-corrected chi connectivity index (χ4v) is 2.66. The molecule has 1 rings (SSSR count). The summed E-state index contributed by atoms with van der Waals surface area (Å²) in [6.45, 7) is 4.08. The minimum absolute atomic E-state index is 0.314. The van der Waals surface area contributed by atoms with Crippen LogP contribution in [0.15, 0.2) is 12.1 Å². The second-order valence-corrected chi connectivity index (χ2v) is 6.54. The minimum atomic E-state index is -3.25. The van der Waals surface area contributed by atoms with Crippen LogP contribution in [0.3, 0.4) is 0 Å². The number of methoxy groups -OCH3 is 1. The number of sulfone groups is 1. The van der Waals surface area contributed by atoms with Crippen LogP contribution in [-0.4, -0.2) is 39.2 Å². The standard InChI is InChI=1S/C13H20O5S/c1-5-18-13-9(2)10(6-7-12(13)17-3)11(14)8-19(4,15)16/h6-7,11,14H,5,8H2,1-4H3. The molecule has 0 bridgehead atoms. The van der Waals surface area contributed by atoms with Crippen LogP contribution in [0.5, 0.6) is 11.5 Å². The van der Waals surface area contributed by atoms with E-state index in [1.165, 1.54) is 7.11 Å². The van der Waals surface area contributed by atoms with Crippen molar-refractivity contribution in [2.24, 2.45) is 0 Å². The molecule has 0 saturated heterocycles. The highest BCUT2D eigenvalue weighted by atomic mass is 32.2. The maximum atomic E-state index is 11.2. The number of benzene rings is 1. The van der Waals surface area contributed by atoms with Crippen molar-refractivity contribution in [3.8, 4) is 11.5 Å². The molecule has 1 unspecified atom stereocenters. The molecule has 1 aromatic rings. The summed E-state index contributed by atoms with van der Waals surface area (Å²) >= 11 is 0. The summed E-state index contributed by atoms with van der Waals surface area (Å²) in [5, 5.41) is 10.0. The van der Waals surface area contributed by atoms with Crippen molar-refractivity contribution in [1.82, 2.24) is 0 Å². The second kappa shape index (κ2) is 6.25. The molecule has 0 aliphatic heterocycles. The van der Waals surface area contributed by atoms with Gasteiger partial charge in [-0.15, -0.1) is 0 Å². The highest BCUT2D eigenvalue weighted by molar-refractivity contribution is 7.90. The van der Waals surface area contributed by atoms with Gasteiger partial charge in [0.25, 0.3) is 0 Å². The maximum absolute atomic E-state index is 11.2. The summed E-state index contributed by atoms with van der Waals surface area (Å²) in [6.07, 6.45) is 0.0264. The van der Waals surface area contributed by atoms with E-state index in [0.29, 0.717) is 29.2 Å². The first-order valence-electron chi connectivity index (χ1n) is 5.96. The Hall–Kier alpha value is -1.27. The van der Waals surface area contributed by atoms with Crippen LogP contribution in [0.2, 0.25) is 0 Å². The lowest BCUT2D eigenvalue weighted by Crippen LogP contribution is -2.14. The molecular formula is C13H20O5S. The zero-order chi connectivity index (χ0) is 14.6. The SMILES string of the molecule is CCOc1c(OC)ccc(C(O)CS(C)(=O)=O)c1C. The average molecular weight is 288 g/mol. The molecule has 0 fully saturated rings. The molecule has 0 aliphatic rings. The summed E-state index contributed by atoms with van der Waals surface area (Å²) in [4.78, 5) is 0. The number of aliphatic hydroxyl groups excluding tert-OH is 1. The van der Waals surface area contributed by atoms with E-state index in [2.05, 4.69) is 0 Å². The molecule has 5 nitrogen and oxygen atoms in total. The molecule has 19 heavy (non-hydrogen) atoms. The lowest BCUT2D eigenvalue weighted by molar-refractivity contribution is 0.200.